The number of hydrogen-bond acceptors (Lipinski definition) is 5. The molecule has 0 saturated carbocycles. The summed E-state index contributed by atoms with van der Waals surface area (Å²) in [5.41, 5.74) is 1.35. The number of benzene rings is 1. The van der Waals surface area contributed by atoms with Crippen molar-refractivity contribution in [3.8, 4) is 5.69 Å². The first-order chi connectivity index (χ1) is 12.6. The van der Waals surface area contributed by atoms with E-state index in [4.69, 9.17) is 4.74 Å². The van der Waals surface area contributed by atoms with Gasteiger partial charge in [0, 0.05) is 12.6 Å². The van der Waals surface area contributed by atoms with Crippen LogP contribution < -0.4 is 0 Å². The first-order valence-electron chi connectivity index (χ1n) is 9.06. The summed E-state index contributed by atoms with van der Waals surface area (Å²) in [4.78, 5) is 28.0. The van der Waals surface area contributed by atoms with Crippen molar-refractivity contribution in [1.29, 1.82) is 0 Å². The van der Waals surface area contributed by atoms with Gasteiger partial charge in [-0.1, -0.05) is 25.1 Å². The van der Waals surface area contributed by atoms with Crippen LogP contribution >= 0.6 is 0 Å². The minimum atomic E-state index is -0.622. The molecule has 2 heterocycles. The van der Waals surface area contributed by atoms with E-state index >= 15 is 0 Å². The summed E-state index contributed by atoms with van der Waals surface area (Å²) in [6.45, 7) is 4.25. The maximum Gasteiger partial charge on any atom is 0.361 e. The van der Waals surface area contributed by atoms with Gasteiger partial charge >= 0.3 is 5.97 Å². The van der Waals surface area contributed by atoms with Crippen molar-refractivity contribution in [2.24, 2.45) is 0 Å². The lowest BCUT2D eigenvalue weighted by Crippen LogP contribution is -2.45. The number of carbonyl (C=O) groups excluding carboxylic acids is 2. The van der Waals surface area contributed by atoms with E-state index in [1.807, 2.05) is 35.2 Å². The Kier molecular flexibility index (Phi) is 5.65. The van der Waals surface area contributed by atoms with E-state index in [1.54, 1.807) is 6.92 Å². The van der Waals surface area contributed by atoms with Gasteiger partial charge in [-0.3, -0.25) is 4.79 Å². The van der Waals surface area contributed by atoms with Crippen LogP contribution in [0.3, 0.4) is 0 Å². The number of para-hydroxylation sites is 1. The highest BCUT2D eigenvalue weighted by atomic mass is 16.5. The van der Waals surface area contributed by atoms with Crippen LogP contribution in [0, 0.1) is 6.92 Å². The van der Waals surface area contributed by atoms with E-state index in [1.165, 1.54) is 4.80 Å². The van der Waals surface area contributed by atoms with Gasteiger partial charge in [0.25, 0.3) is 5.91 Å². The minimum Gasteiger partial charge on any atom is -0.451 e. The number of aromatic nitrogens is 3. The molecule has 2 aromatic rings. The van der Waals surface area contributed by atoms with Crippen molar-refractivity contribution < 1.29 is 14.3 Å². The predicted octanol–water partition coefficient (Wildman–Crippen LogP) is 2.52. The van der Waals surface area contributed by atoms with E-state index in [2.05, 4.69) is 17.1 Å². The number of amides is 1. The van der Waals surface area contributed by atoms with Gasteiger partial charge in [-0.2, -0.15) is 9.90 Å². The summed E-state index contributed by atoms with van der Waals surface area (Å²) in [7, 11) is 0. The van der Waals surface area contributed by atoms with Gasteiger partial charge in [-0.25, -0.2) is 4.79 Å². The first-order valence-corrected chi connectivity index (χ1v) is 9.06. The molecule has 1 fully saturated rings. The smallest absolute Gasteiger partial charge is 0.361 e. The predicted molar refractivity (Wildman–Crippen MR) is 96.0 cm³/mol. The molecule has 1 aliphatic rings. The summed E-state index contributed by atoms with van der Waals surface area (Å²) >= 11 is 0. The van der Waals surface area contributed by atoms with Crippen molar-refractivity contribution in [2.75, 3.05) is 13.2 Å². The summed E-state index contributed by atoms with van der Waals surface area (Å²) in [6, 6.07) is 9.57. The van der Waals surface area contributed by atoms with Crippen LogP contribution in [-0.2, 0) is 9.53 Å². The van der Waals surface area contributed by atoms with Gasteiger partial charge < -0.3 is 9.64 Å². The largest absolute Gasteiger partial charge is 0.451 e. The first kappa shape index (κ1) is 18.1. The zero-order valence-electron chi connectivity index (χ0n) is 15.2. The standard InChI is InChI=1S/C19H24N4O3/c1-3-15-9-7-8-12-22(15)17(24)13-26-19(25)18-14(2)20-23(21-18)16-10-5-4-6-11-16/h4-6,10-11,15H,3,7-9,12-13H2,1-2H3/t15-/m1/s1. The lowest BCUT2D eigenvalue weighted by atomic mass is 10.00. The van der Waals surface area contributed by atoms with E-state index < -0.39 is 5.97 Å². The summed E-state index contributed by atoms with van der Waals surface area (Å²) in [5, 5.41) is 8.46. The Labute approximate surface area is 152 Å². The zero-order valence-corrected chi connectivity index (χ0v) is 15.2. The molecule has 1 aromatic carbocycles. The van der Waals surface area contributed by atoms with Gasteiger partial charge in [0.2, 0.25) is 0 Å². The molecule has 1 atom stereocenters. The zero-order chi connectivity index (χ0) is 18.5. The number of rotatable bonds is 5. The molecule has 0 aliphatic carbocycles. The van der Waals surface area contributed by atoms with Crippen molar-refractivity contribution in [3.05, 3.63) is 41.7 Å². The third-order valence-electron chi connectivity index (χ3n) is 4.71. The topological polar surface area (TPSA) is 77.3 Å². The Balaban J connectivity index is 1.63. The van der Waals surface area contributed by atoms with Crippen LogP contribution in [0.25, 0.3) is 5.69 Å². The molecule has 1 aliphatic heterocycles. The number of carbonyl (C=O) groups is 2. The lowest BCUT2D eigenvalue weighted by Gasteiger charge is -2.35. The number of piperidine rings is 1. The molecule has 1 amide bonds. The average molecular weight is 356 g/mol. The molecule has 0 spiro atoms. The van der Waals surface area contributed by atoms with E-state index in [0.29, 0.717) is 5.69 Å². The molecule has 26 heavy (non-hydrogen) atoms. The average Bonchev–Trinajstić information content (AvgIpc) is 3.08. The van der Waals surface area contributed by atoms with Gasteiger partial charge in [0.15, 0.2) is 12.3 Å². The quantitative estimate of drug-likeness (QED) is 0.770. The monoisotopic (exact) mass is 356 g/mol. The highest BCUT2D eigenvalue weighted by molar-refractivity contribution is 5.90. The third kappa shape index (κ3) is 3.92. The molecule has 0 N–H and O–H groups in total. The number of ether oxygens (including phenoxy) is 1. The third-order valence-corrected chi connectivity index (χ3v) is 4.71. The van der Waals surface area contributed by atoms with Gasteiger partial charge in [-0.15, -0.1) is 5.10 Å². The molecular formula is C19H24N4O3. The minimum absolute atomic E-state index is 0.132. The van der Waals surface area contributed by atoms with E-state index in [9.17, 15) is 9.59 Å². The fraction of sp³-hybridized carbons (Fsp3) is 0.474. The fourth-order valence-electron chi connectivity index (χ4n) is 3.28. The lowest BCUT2D eigenvalue weighted by molar-refractivity contribution is -0.138. The van der Waals surface area contributed by atoms with E-state index in [-0.39, 0.29) is 24.2 Å². The van der Waals surface area contributed by atoms with Crippen LogP contribution in [0.4, 0.5) is 0 Å². The second kappa shape index (κ2) is 8.12. The number of likely N-dealkylation sites (tertiary alicyclic amines) is 1. The molecule has 3 rings (SSSR count). The maximum absolute atomic E-state index is 12.4. The molecule has 0 bridgehead atoms. The highest BCUT2D eigenvalue weighted by Gasteiger charge is 2.27. The molecule has 1 aromatic heterocycles. The van der Waals surface area contributed by atoms with Gasteiger partial charge in [0.05, 0.1) is 11.4 Å². The van der Waals surface area contributed by atoms with Crippen LogP contribution in [0.5, 0.6) is 0 Å². The molecule has 7 nitrogen and oxygen atoms in total. The Morgan fingerprint density at radius 3 is 2.69 bits per heavy atom. The Morgan fingerprint density at radius 2 is 1.96 bits per heavy atom. The summed E-state index contributed by atoms with van der Waals surface area (Å²) < 4.78 is 5.22. The second-order valence-corrected chi connectivity index (χ2v) is 6.48. The number of hydrogen-bond donors (Lipinski definition) is 0. The normalized spacial score (nSPS) is 17.2. The molecule has 1 saturated heterocycles. The second-order valence-electron chi connectivity index (χ2n) is 6.48. The van der Waals surface area contributed by atoms with Crippen LogP contribution in [0.15, 0.2) is 30.3 Å². The Hall–Kier alpha value is -2.70. The van der Waals surface area contributed by atoms with Gasteiger partial charge in [-0.05, 0) is 44.7 Å². The van der Waals surface area contributed by atoms with Crippen LogP contribution in [0.1, 0.15) is 48.8 Å². The molecular weight excluding hydrogens is 332 g/mol. The number of esters is 1. The maximum atomic E-state index is 12.4. The number of aryl methyl sites for hydroxylation is 1. The highest BCUT2D eigenvalue weighted by Crippen LogP contribution is 2.19. The number of nitrogens with zero attached hydrogens (tertiary/aromatic N) is 4. The Morgan fingerprint density at radius 1 is 1.19 bits per heavy atom. The van der Waals surface area contributed by atoms with Crippen molar-refractivity contribution in [1.82, 2.24) is 19.9 Å². The molecule has 0 radical (unpaired) electrons. The van der Waals surface area contributed by atoms with Crippen LogP contribution in [0.2, 0.25) is 0 Å². The van der Waals surface area contributed by atoms with Crippen molar-refractivity contribution >= 4 is 11.9 Å². The van der Waals surface area contributed by atoms with Crippen LogP contribution in [-0.4, -0.2) is 51.0 Å². The molecule has 138 valence electrons. The summed E-state index contributed by atoms with van der Waals surface area (Å²) in [5.74, 6) is -0.763. The molecule has 0 unspecified atom stereocenters. The fourth-order valence-corrected chi connectivity index (χ4v) is 3.28. The summed E-state index contributed by atoms with van der Waals surface area (Å²) in [6.07, 6.45) is 4.08. The van der Waals surface area contributed by atoms with E-state index in [0.717, 1.165) is 37.9 Å². The van der Waals surface area contributed by atoms with Crippen molar-refractivity contribution in [2.45, 2.75) is 45.6 Å². The van der Waals surface area contributed by atoms with Gasteiger partial charge in [0.1, 0.15) is 0 Å². The van der Waals surface area contributed by atoms with Crippen molar-refractivity contribution in [3.63, 3.8) is 0 Å². The SMILES string of the molecule is CC[C@@H]1CCCCN1C(=O)COC(=O)c1nn(-c2ccccc2)nc1C. The Bertz CT molecular complexity index is 772. The molecule has 7 heteroatoms.